The highest BCUT2D eigenvalue weighted by Crippen LogP contribution is 2.42. The van der Waals surface area contributed by atoms with Crippen molar-refractivity contribution < 1.29 is 18.3 Å². The normalized spacial score (nSPS) is 29.4. The minimum absolute atomic E-state index is 0.0725. The molecule has 3 atom stereocenters. The molecule has 0 aliphatic carbocycles. The molecule has 0 spiro atoms. The first-order chi connectivity index (χ1) is 15.5. The Morgan fingerprint density at radius 3 is 3.06 bits per heavy atom. The van der Waals surface area contributed by atoms with Crippen LogP contribution in [0.2, 0.25) is 0 Å². The number of alkyl halides is 1. The van der Waals surface area contributed by atoms with Crippen molar-refractivity contribution in [2.45, 2.75) is 56.8 Å². The zero-order valence-electron chi connectivity index (χ0n) is 18.2. The lowest BCUT2D eigenvalue weighted by Crippen LogP contribution is -2.43. The molecule has 9 heteroatoms. The van der Waals surface area contributed by atoms with E-state index in [0.29, 0.717) is 43.3 Å². The molecule has 6 heterocycles. The summed E-state index contributed by atoms with van der Waals surface area (Å²) < 4.78 is 41.4. The van der Waals surface area contributed by atoms with Crippen LogP contribution in [0.25, 0.3) is 10.9 Å². The summed E-state index contributed by atoms with van der Waals surface area (Å²) in [6.45, 7) is 4.44. The zero-order valence-corrected chi connectivity index (χ0v) is 18.2. The van der Waals surface area contributed by atoms with Crippen LogP contribution in [-0.4, -0.2) is 70.5 Å². The molecule has 6 rings (SSSR count). The van der Waals surface area contributed by atoms with Gasteiger partial charge in [-0.3, -0.25) is 4.90 Å². The van der Waals surface area contributed by atoms with Crippen molar-refractivity contribution in [1.82, 2.24) is 19.9 Å². The van der Waals surface area contributed by atoms with Gasteiger partial charge in [0, 0.05) is 19.5 Å². The summed E-state index contributed by atoms with van der Waals surface area (Å²) in [4.78, 5) is 17.9. The molecular formula is C23H27F2N5O2. The van der Waals surface area contributed by atoms with Crippen molar-refractivity contribution in [3.63, 3.8) is 0 Å². The van der Waals surface area contributed by atoms with E-state index in [9.17, 15) is 4.39 Å². The Bertz CT molecular complexity index is 1100. The van der Waals surface area contributed by atoms with Crippen molar-refractivity contribution in [2.24, 2.45) is 0 Å². The van der Waals surface area contributed by atoms with Gasteiger partial charge in [-0.2, -0.15) is 9.97 Å². The Morgan fingerprint density at radius 1 is 1.25 bits per heavy atom. The Kier molecular flexibility index (Phi) is 4.71. The van der Waals surface area contributed by atoms with Gasteiger partial charge >= 0.3 is 6.01 Å². The van der Waals surface area contributed by atoms with E-state index in [2.05, 4.69) is 31.9 Å². The predicted molar refractivity (Wildman–Crippen MR) is 116 cm³/mol. The summed E-state index contributed by atoms with van der Waals surface area (Å²) in [6, 6.07) is 0.202. The van der Waals surface area contributed by atoms with Gasteiger partial charge in [-0.25, -0.2) is 13.8 Å². The summed E-state index contributed by atoms with van der Waals surface area (Å²) in [6.07, 6.45) is 7.53. The number of anilines is 1. The predicted octanol–water partition coefficient (Wildman–Crippen LogP) is 3.34. The summed E-state index contributed by atoms with van der Waals surface area (Å²) >= 11 is 0. The molecule has 2 fully saturated rings. The van der Waals surface area contributed by atoms with E-state index in [1.165, 1.54) is 0 Å². The second kappa shape index (κ2) is 7.50. The smallest absolute Gasteiger partial charge is 0.319 e. The first kappa shape index (κ1) is 20.1. The Morgan fingerprint density at radius 2 is 2.16 bits per heavy atom. The monoisotopic (exact) mass is 443 g/mol. The van der Waals surface area contributed by atoms with Crippen molar-refractivity contribution >= 4 is 16.7 Å². The zero-order chi connectivity index (χ0) is 21.9. The maximum Gasteiger partial charge on any atom is 0.319 e. The molecule has 7 nitrogen and oxygen atoms in total. The van der Waals surface area contributed by atoms with Gasteiger partial charge in [0.25, 0.3) is 0 Å². The van der Waals surface area contributed by atoms with E-state index in [1.54, 1.807) is 6.92 Å². The topological polar surface area (TPSA) is 63.6 Å². The molecule has 4 aliphatic rings. The number of ether oxygens (including phenoxy) is 2. The van der Waals surface area contributed by atoms with E-state index < -0.39 is 12.0 Å². The quantitative estimate of drug-likeness (QED) is 0.674. The summed E-state index contributed by atoms with van der Waals surface area (Å²) in [5.41, 5.74) is 0.0830. The van der Waals surface area contributed by atoms with Crippen LogP contribution in [0.3, 0.4) is 0 Å². The van der Waals surface area contributed by atoms with Gasteiger partial charge in [0.2, 0.25) is 5.88 Å². The number of halogens is 2. The molecule has 4 aliphatic heterocycles. The van der Waals surface area contributed by atoms with E-state index in [-0.39, 0.29) is 28.8 Å². The number of hydrogen-bond donors (Lipinski definition) is 0. The SMILES string of the molecule is Cc1nc2c3c(nc(OCC45CCCN4C[C@H](F)C5)nc3c1F)N1CCC=CC[C@H]1CO2. The minimum Gasteiger partial charge on any atom is -0.475 e. The maximum absolute atomic E-state index is 15.2. The third-order valence-corrected chi connectivity index (χ3v) is 7.35. The third kappa shape index (κ3) is 3.12. The third-order valence-electron chi connectivity index (χ3n) is 7.35. The summed E-state index contributed by atoms with van der Waals surface area (Å²) in [5, 5.41) is 0.496. The van der Waals surface area contributed by atoms with Crippen molar-refractivity contribution in [3.05, 3.63) is 23.7 Å². The molecular weight excluding hydrogens is 416 g/mol. The second-order valence-electron chi connectivity index (χ2n) is 9.39. The van der Waals surface area contributed by atoms with Gasteiger partial charge in [-0.1, -0.05) is 12.2 Å². The van der Waals surface area contributed by atoms with Gasteiger partial charge in [0.15, 0.2) is 5.82 Å². The van der Waals surface area contributed by atoms with Gasteiger partial charge in [-0.05, 0) is 39.2 Å². The van der Waals surface area contributed by atoms with Gasteiger partial charge in [-0.15, -0.1) is 0 Å². The minimum atomic E-state index is -0.836. The fraction of sp³-hybridized carbons (Fsp3) is 0.609. The largest absolute Gasteiger partial charge is 0.475 e. The second-order valence-corrected chi connectivity index (χ2v) is 9.39. The van der Waals surface area contributed by atoms with Crippen LogP contribution < -0.4 is 14.4 Å². The van der Waals surface area contributed by atoms with E-state index in [4.69, 9.17) is 14.5 Å². The highest BCUT2D eigenvalue weighted by Gasteiger charge is 2.49. The molecule has 0 radical (unpaired) electrons. The van der Waals surface area contributed by atoms with Crippen LogP contribution in [0.15, 0.2) is 12.2 Å². The molecule has 0 saturated carbocycles. The van der Waals surface area contributed by atoms with Crippen LogP contribution in [-0.2, 0) is 0 Å². The average molecular weight is 443 g/mol. The van der Waals surface area contributed by atoms with Gasteiger partial charge in [0.05, 0.1) is 17.3 Å². The Balaban J connectivity index is 1.42. The molecule has 0 amide bonds. The fourth-order valence-corrected chi connectivity index (χ4v) is 5.74. The lowest BCUT2D eigenvalue weighted by Gasteiger charge is -2.31. The van der Waals surface area contributed by atoms with Gasteiger partial charge in [0.1, 0.15) is 36.1 Å². The standard InChI is InChI=1S/C23H27F2N5O2/c1-14-18(25)19-17-20(30-9-4-2-3-6-16(30)12-31-21(17)26-14)28-22(27-19)32-13-23-7-5-8-29(23)11-15(24)10-23/h2-3,15-16H,4-13H2,1H3/t15-,16+,23?/m1/s1. The highest BCUT2D eigenvalue weighted by molar-refractivity contribution is 5.95. The number of aryl methyl sites for hydroxylation is 1. The first-order valence-corrected chi connectivity index (χ1v) is 11.5. The maximum atomic E-state index is 15.2. The summed E-state index contributed by atoms with van der Waals surface area (Å²) in [7, 11) is 0. The van der Waals surface area contributed by atoms with E-state index >= 15 is 4.39 Å². The molecule has 2 aromatic heterocycles. The highest BCUT2D eigenvalue weighted by atomic mass is 19.1. The Hall–Kier alpha value is -2.55. The van der Waals surface area contributed by atoms with Gasteiger partial charge < -0.3 is 14.4 Å². The molecule has 0 N–H and O–H groups in total. The number of rotatable bonds is 3. The van der Waals surface area contributed by atoms with Crippen LogP contribution >= 0.6 is 0 Å². The van der Waals surface area contributed by atoms with Crippen LogP contribution in [0.4, 0.5) is 14.6 Å². The lowest BCUT2D eigenvalue weighted by molar-refractivity contribution is 0.107. The van der Waals surface area contributed by atoms with Crippen LogP contribution in [0.5, 0.6) is 11.9 Å². The van der Waals surface area contributed by atoms with Crippen LogP contribution in [0, 0.1) is 12.7 Å². The van der Waals surface area contributed by atoms with Crippen LogP contribution in [0.1, 0.15) is 37.8 Å². The molecule has 32 heavy (non-hydrogen) atoms. The molecule has 2 saturated heterocycles. The van der Waals surface area contributed by atoms with E-state index in [0.717, 1.165) is 38.8 Å². The molecule has 0 aromatic carbocycles. The number of fused-ring (bicyclic) bond motifs is 3. The molecule has 0 bridgehead atoms. The fourth-order valence-electron chi connectivity index (χ4n) is 5.74. The Labute approximate surface area is 185 Å². The van der Waals surface area contributed by atoms with Crippen molar-refractivity contribution in [2.75, 3.05) is 37.7 Å². The molecule has 1 unspecified atom stereocenters. The first-order valence-electron chi connectivity index (χ1n) is 11.5. The van der Waals surface area contributed by atoms with E-state index in [1.807, 2.05) is 0 Å². The van der Waals surface area contributed by atoms with Crippen molar-refractivity contribution in [3.8, 4) is 11.9 Å². The molecule has 170 valence electrons. The lowest BCUT2D eigenvalue weighted by atomic mass is 9.95. The molecule has 2 aromatic rings. The average Bonchev–Trinajstić information content (AvgIpc) is 3.12. The van der Waals surface area contributed by atoms with Crippen molar-refractivity contribution in [1.29, 1.82) is 0 Å². The number of nitrogens with zero attached hydrogens (tertiary/aromatic N) is 5. The number of hydrogen-bond acceptors (Lipinski definition) is 7. The number of pyridine rings is 1. The summed E-state index contributed by atoms with van der Waals surface area (Å²) in [5.74, 6) is 0.486. The number of aromatic nitrogens is 3.